The van der Waals surface area contributed by atoms with Gasteiger partial charge in [0.05, 0.1) is 5.33 Å². The van der Waals surface area contributed by atoms with Gasteiger partial charge in [-0.1, -0.05) is 54.5 Å². The molecule has 86 valence electrons. The molecule has 15 heavy (non-hydrogen) atoms. The highest BCUT2D eigenvalue weighted by atomic mass is 79.9. The van der Waals surface area contributed by atoms with Gasteiger partial charge in [0, 0.05) is 6.92 Å². The van der Waals surface area contributed by atoms with Crippen molar-refractivity contribution in [2.24, 2.45) is 0 Å². The monoisotopic (exact) mass is 274 g/mol. The average Bonchev–Trinajstić information content (AvgIpc) is 2.14. The summed E-state index contributed by atoms with van der Waals surface area (Å²) in [6, 6.07) is 0. The van der Waals surface area contributed by atoms with E-state index < -0.39 is 5.60 Å². The zero-order valence-electron chi connectivity index (χ0n) is 9.73. The summed E-state index contributed by atoms with van der Waals surface area (Å²) in [5.74, 6) is 5.78. The minimum atomic E-state index is -0.566. The van der Waals surface area contributed by atoms with Gasteiger partial charge in [-0.25, -0.2) is 0 Å². The van der Waals surface area contributed by atoms with Crippen molar-refractivity contribution < 1.29 is 9.53 Å². The summed E-state index contributed by atoms with van der Waals surface area (Å²) >= 11 is 3.26. The van der Waals surface area contributed by atoms with Crippen LogP contribution in [0.1, 0.15) is 46.5 Å². The summed E-state index contributed by atoms with van der Waals surface area (Å²) in [4.78, 5) is 11.1. The van der Waals surface area contributed by atoms with E-state index in [9.17, 15) is 4.79 Å². The van der Waals surface area contributed by atoms with Crippen molar-refractivity contribution in [1.29, 1.82) is 0 Å². The molecule has 2 nitrogen and oxygen atoms in total. The van der Waals surface area contributed by atoms with Crippen molar-refractivity contribution in [3.05, 3.63) is 0 Å². The van der Waals surface area contributed by atoms with Gasteiger partial charge in [0.25, 0.3) is 0 Å². The first-order valence-electron chi connectivity index (χ1n) is 5.35. The lowest BCUT2D eigenvalue weighted by molar-refractivity contribution is -0.152. The molecule has 0 fully saturated rings. The number of hydrogen-bond donors (Lipinski definition) is 0. The SMILES string of the molecule is CCCC(C#CCBr)(CCC)OC(C)=O. The Balaban J connectivity index is 4.78. The van der Waals surface area contributed by atoms with Crippen molar-refractivity contribution in [1.82, 2.24) is 0 Å². The third kappa shape index (κ3) is 5.84. The molecule has 0 radical (unpaired) electrons. The fourth-order valence-corrected chi connectivity index (χ4v) is 1.80. The molecule has 0 bridgehead atoms. The van der Waals surface area contributed by atoms with E-state index in [0.29, 0.717) is 5.33 Å². The third-order valence-corrected chi connectivity index (χ3v) is 2.31. The zero-order valence-corrected chi connectivity index (χ0v) is 11.3. The van der Waals surface area contributed by atoms with Gasteiger partial charge in [0.2, 0.25) is 0 Å². The Bertz CT molecular complexity index is 244. The first-order valence-corrected chi connectivity index (χ1v) is 6.48. The molecule has 0 aliphatic heterocycles. The predicted octanol–water partition coefficient (Wildman–Crippen LogP) is 3.29. The lowest BCUT2D eigenvalue weighted by atomic mass is 9.93. The third-order valence-electron chi connectivity index (χ3n) is 2.03. The lowest BCUT2D eigenvalue weighted by Crippen LogP contribution is -2.32. The van der Waals surface area contributed by atoms with Gasteiger partial charge in [-0.05, 0) is 12.8 Å². The minimum Gasteiger partial charge on any atom is -0.446 e. The van der Waals surface area contributed by atoms with Crippen LogP contribution in [0.25, 0.3) is 0 Å². The molecule has 0 saturated carbocycles. The van der Waals surface area contributed by atoms with Crippen LogP contribution < -0.4 is 0 Å². The van der Waals surface area contributed by atoms with Crippen LogP contribution in [0.15, 0.2) is 0 Å². The van der Waals surface area contributed by atoms with Crippen molar-refractivity contribution >= 4 is 21.9 Å². The molecule has 0 aliphatic carbocycles. The van der Waals surface area contributed by atoms with Crippen molar-refractivity contribution in [3.8, 4) is 11.8 Å². The molecular weight excluding hydrogens is 256 g/mol. The summed E-state index contributed by atoms with van der Waals surface area (Å²) < 4.78 is 5.39. The summed E-state index contributed by atoms with van der Waals surface area (Å²) in [5.41, 5.74) is -0.566. The van der Waals surface area contributed by atoms with Gasteiger partial charge in [-0.15, -0.1) is 0 Å². The van der Waals surface area contributed by atoms with Crippen molar-refractivity contribution in [2.75, 3.05) is 5.33 Å². The Hall–Kier alpha value is -0.490. The first-order chi connectivity index (χ1) is 7.10. The summed E-state index contributed by atoms with van der Waals surface area (Å²) in [6.07, 6.45) is 3.54. The largest absolute Gasteiger partial charge is 0.446 e. The van der Waals surface area contributed by atoms with Crippen LogP contribution in [0.4, 0.5) is 0 Å². The molecule has 0 unspecified atom stereocenters. The maximum atomic E-state index is 11.1. The van der Waals surface area contributed by atoms with Gasteiger partial charge in [0.15, 0.2) is 5.60 Å². The number of carbonyl (C=O) groups is 1. The molecular formula is C12H19BrO2. The van der Waals surface area contributed by atoms with Crippen LogP contribution in [0, 0.1) is 11.8 Å². The number of alkyl halides is 1. The van der Waals surface area contributed by atoms with Gasteiger partial charge < -0.3 is 4.74 Å². The molecule has 0 N–H and O–H groups in total. The van der Waals surface area contributed by atoms with E-state index in [1.807, 2.05) is 0 Å². The van der Waals surface area contributed by atoms with E-state index in [0.717, 1.165) is 25.7 Å². The summed E-state index contributed by atoms with van der Waals surface area (Å²) in [6.45, 7) is 5.59. The fraction of sp³-hybridized carbons (Fsp3) is 0.750. The second-order valence-electron chi connectivity index (χ2n) is 3.52. The maximum absolute atomic E-state index is 11.1. The molecule has 0 atom stereocenters. The van der Waals surface area contributed by atoms with E-state index in [-0.39, 0.29) is 5.97 Å². The van der Waals surface area contributed by atoms with Crippen LogP contribution in [-0.2, 0) is 9.53 Å². The van der Waals surface area contributed by atoms with E-state index in [1.165, 1.54) is 6.92 Å². The highest BCUT2D eigenvalue weighted by Gasteiger charge is 2.29. The molecule has 0 spiro atoms. The molecule has 0 aromatic heterocycles. The van der Waals surface area contributed by atoms with Gasteiger partial charge >= 0.3 is 5.97 Å². The highest BCUT2D eigenvalue weighted by molar-refractivity contribution is 9.09. The Morgan fingerprint density at radius 3 is 2.20 bits per heavy atom. The average molecular weight is 275 g/mol. The molecule has 0 rings (SSSR count). The van der Waals surface area contributed by atoms with Crippen LogP contribution in [-0.4, -0.2) is 16.9 Å². The van der Waals surface area contributed by atoms with E-state index in [2.05, 4.69) is 41.6 Å². The molecule has 0 saturated heterocycles. The fourth-order valence-electron chi connectivity index (χ4n) is 1.65. The van der Waals surface area contributed by atoms with Crippen molar-refractivity contribution in [2.45, 2.75) is 52.1 Å². The molecule has 0 heterocycles. The second-order valence-corrected chi connectivity index (χ2v) is 4.08. The molecule has 0 aliphatic rings. The lowest BCUT2D eigenvalue weighted by Gasteiger charge is -2.27. The normalized spacial score (nSPS) is 10.4. The smallest absolute Gasteiger partial charge is 0.304 e. The Morgan fingerprint density at radius 1 is 1.33 bits per heavy atom. The topological polar surface area (TPSA) is 26.3 Å². The number of rotatable bonds is 5. The summed E-state index contributed by atoms with van der Waals surface area (Å²) in [5, 5.41) is 0.615. The van der Waals surface area contributed by atoms with Gasteiger partial charge in [0.1, 0.15) is 0 Å². The highest BCUT2D eigenvalue weighted by Crippen LogP contribution is 2.24. The molecule has 0 aromatic carbocycles. The Morgan fingerprint density at radius 2 is 1.87 bits per heavy atom. The number of halogens is 1. The predicted molar refractivity (Wildman–Crippen MR) is 65.9 cm³/mol. The van der Waals surface area contributed by atoms with Crippen molar-refractivity contribution in [3.63, 3.8) is 0 Å². The minimum absolute atomic E-state index is 0.249. The van der Waals surface area contributed by atoms with Crippen LogP contribution in [0.5, 0.6) is 0 Å². The van der Waals surface area contributed by atoms with E-state index in [4.69, 9.17) is 4.74 Å². The maximum Gasteiger partial charge on any atom is 0.304 e. The molecule has 3 heteroatoms. The summed E-state index contributed by atoms with van der Waals surface area (Å²) in [7, 11) is 0. The van der Waals surface area contributed by atoms with Gasteiger partial charge in [-0.3, -0.25) is 4.79 Å². The molecule has 0 amide bonds. The first kappa shape index (κ1) is 14.5. The second kappa shape index (κ2) is 7.76. The Kier molecular flexibility index (Phi) is 7.50. The standard InChI is InChI=1S/C12H19BrO2/c1-4-7-12(8-5-2,9-6-10-13)15-11(3)14/h4-5,7-8,10H2,1-3H3. The van der Waals surface area contributed by atoms with E-state index >= 15 is 0 Å². The quantitative estimate of drug-likeness (QED) is 0.437. The van der Waals surface area contributed by atoms with Crippen LogP contribution in [0.2, 0.25) is 0 Å². The number of carbonyl (C=O) groups excluding carboxylic acids is 1. The van der Waals surface area contributed by atoms with Gasteiger partial charge in [-0.2, -0.15) is 0 Å². The number of esters is 1. The van der Waals surface area contributed by atoms with Crippen LogP contribution >= 0.6 is 15.9 Å². The zero-order chi connectivity index (χ0) is 11.7. The Labute approximate surface area is 101 Å². The molecule has 0 aromatic rings. The van der Waals surface area contributed by atoms with E-state index in [1.54, 1.807) is 0 Å². The number of ether oxygens (including phenoxy) is 1. The van der Waals surface area contributed by atoms with Crippen LogP contribution in [0.3, 0.4) is 0 Å². The number of hydrogen-bond acceptors (Lipinski definition) is 2.